The molecule has 0 aromatic carbocycles. The molecule has 0 radical (unpaired) electrons. The lowest BCUT2D eigenvalue weighted by Gasteiger charge is -2.23. The molecule has 1 unspecified atom stereocenters. The number of hydrogen-bond acceptors (Lipinski definition) is 2. The van der Waals surface area contributed by atoms with Crippen LogP contribution >= 0.6 is 0 Å². The number of ether oxygens (including phenoxy) is 1. The van der Waals surface area contributed by atoms with E-state index in [0.29, 0.717) is 6.42 Å². The first-order valence-electron chi connectivity index (χ1n) is 4.05. The molecule has 3 heteroatoms. The minimum atomic E-state index is -1.05. The van der Waals surface area contributed by atoms with Crippen molar-refractivity contribution >= 4 is 5.97 Å². The fourth-order valence-corrected chi connectivity index (χ4v) is 0.961. The maximum absolute atomic E-state index is 10.8. The van der Waals surface area contributed by atoms with Crippen molar-refractivity contribution in [3.05, 3.63) is 12.7 Å². The topological polar surface area (TPSA) is 46.5 Å². The third-order valence-corrected chi connectivity index (χ3v) is 1.70. The zero-order valence-electron chi connectivity index (χ0n) is 7.67. The molecular weight excluding hydrogens is 156 g/mol. The summed E-state index contributed by atoms with van der Waals surface area (Å²) >= 11 is 0. The Morgan fingerprint density at radius 3 is 2.67 bits per heavy atom. The molecule has 0 aliphatic heterocycles. The maximum atomic E-state index is 10.8. The number of carboxylic acids is 1. The summed E-state index contributed by atoms with van der Waals surface area (Å²) in [6.45, 7) is 7.26. The van der Waals surface area contributed by atoms with Crippen LogP contribution in [0.2, 0.25) is 0 Å². The van der Waals surface area contributed by atoms with Crippen LogP contribution in [-0.2, 0) is 9.53 Å². The summed E-state index contributed by atoms with van der Waals surface area (Å²) < 4.78 is 5.16. The van der Waals surface area contributed by atoms with E-state index in [1.54, 1.807) is 13.0 Å². The van der Waals surface area contributed by atoms with Gasteiger partial charge in [0.2, 0.25) is 0 Å². The monoisotopic (exact) mass is 172 g/mol. The predicted octanol–water partition coefficient (Wildman–Crippen LogP) is 1.83. The minimum Gasteiger partial charge on any atom is -0.479 e. The number of carbonyl (C=O) groups is 1. The molecule has 0 saturated carbocycles. The van der Waals surface area contributed by atoms with E-state index in [2.05, 4.69) is 6.58 Å². The van der Waals surface area contributed by atoms with Crippen molar-refractivity contribution in [2.45, 2.75) is 32.3 Å². The summed E-state index contributed by atoms with van der Waals surface area (Å²) in [6.07, 6.45) is 2.87. The predicted molar refractivity (Wildman–Crippen MR) is 47.1 cm³/mol. The van der Waals surface area contributed by atoms with Crippen LogP contribution in [0.25, 0.3) is 0 Å². The normalized spacial score (nSPS) is 15.2. The van der Waals surface area contributed by atoms with E-state index in [4.69, 9.17) is 9.84 Å². The van der Waals surface area contributed by atoms with Crippen molar-refractivity contribution in [3.63, 3.8) is 0 Å². The van der Waals surface area contributed by atoms with Gasteiger partial charge in [-0.05, 0) is 13.3 Å². The summed E-state index contributed by atoms with van der Waals surface area (Å²) in [5.41, 5.74) is -1.05. The molecule has 0 bridgehead atoms. The molecule has 0 saturated heterocycles. The maximum Gasteiger partial charge on any atom is 0.335 e. The van der Waals surface area contributed by atoms with Crippen LogP contribution in [0.3, 0.4) is 0 Å². The lowest BCUT2D eigenvalue weighted by atomic mass is 10.0. The van der Waals surface area contributed by atoms with Crippen molar-refractivity contribution in [2.75, 3.05) is 6.61 Å². The van der Waals surface area contributed by atoms with E-state index < -0.39 is 11.6 Å². The van der Waals surface area contributed by atoms with Gasteiger partial charge in [0.25, 0.3) is 0 Å². The molecule has 0 heterocycles. The molecule has 3 nitrogen and oxygen atoms in total. The minimum absolute atomic E-state index is 0.281. The first-order valence-corrected chi connectivity index (χ1v) is 4.05. The summed E-state index contributed by atoms with van der Waals surface area (Å²) in [7, 11) is 0. The van der Waals surface area contributed by atoms with E-state index in [9.17, 15) is 4.79 Å². The van der Waals surface area contributed by atoms with E-state index in [1.165, 1.54) is 0 Å². The second kappa shape index (κ2) is 4.93. The Morgan fingerprint density at radius 1 is 1.75 bits per heavy atom. The number of rotatable bonds is 6. The second-order valence-corrected chi connectivity index (χ2v) is 2.89. The molecule has 0 aromatic rings. The molecule has 1 N–H and O–H groups in total. The number of carboxylic acid groups (broad SMARTS) is 1. The smallest absolute Gasteiger partial charge is 0.335 e. The average Bonchev–Trinajstić information content (AvgIpc) is 2.01. The van der Waals surface area contributed by atoms with Crippen LogP contribution in [-0.4, -0.2) is 23.3 Å². The average molecular weight is 172 g/mol. The summed E-state index contributed by atoms with van der Waals surface area (Å²) in [4.78, 5) is 10.8. The van der Waals surface area contributed by atoms with Gasteiger partial charge in [0.1, 0.15) is 0 Å². The zero-order valence-corrected chi connectivity index (χ0v) is 7.67. The Morgan fingerprint density at radius 2 is 2.33 bits per heavy atom. The fraction of sp³-hybridized carbons (Fsp3) is 0.667. The van der Waals surface area contributed by atoms with Crippen molar-refractivity contribution in [1.82, 2.24) is 0 Å². The van der Waals surface area contributed by atoms with Crippen LogP contribution < -0.4 is 0 Å². The Bertz CT molecular complexity index is 165. The van der Waals surface area contributed by atoms with E-state index >= 15 is 0 Å². The lowest BCUT2D eigenvalue weighted by molar-refractivity contribution is -0.163. The SMILES string of the molecule is C=CCOC(C)(CCC)C(=O)O. The molecular formula is C9H16O3. The van der Waals surface area contributed by atoms with Crippen molar-refractivity contribution in [3.8, 4) is 0 Å². The molecule has 0 aliphatic carbocycles. The second-order valence-electron chi connectivity index (χ2n) is 2.89. The fourth-order valence-electron chi connectivity index (χ4n) is 0.961. The van der Waals surface area contributed by atoms with Gasteiger partial charge in [-0.25, -0.2) is 4.79 Å². The summed E-state index contributed by atoms with van der Waals surface area (Å²) in [6, 6.07) is 0. The van der Waals surface area contributed by atoms with Gasteiger partial charge in [0, 0.05) is 0 Å². The van der Waals surface area contributed by atoms with Crippen LogP contribution in [0.15, 0.2) is 12.7 Å². The quantitative estimate of drug-likeness (QED) is 0.622. The molecule has 0 rings (SSSR count). The molecule has 12 heavy (non-hydrogen) atoms. The summed E-state index contributed by atoms with van der Waals surface area (Å²) in [5, 5.41) is 8.83. The number of hydrogen-bond donors (Lipinski definition) is 1. The van der Waals surface area contributed by atoms with Gasteiger partial charge in [0.05, 0.1) is 6.61 Å². The van der Waals surface area contributed by atoms with Gasteiger partial charge >= 0.3 is 5.97 Å². The van der Waals surface area contributed by atoms with Gasteiger partial charge in [0.15, 0.2) is 5.60 Å². The molecule has 0 spiro atoms. The van der Waals surface area contributed by atoms with Crippen LogP contribution in [0.4, 0.5) is 0 Å². The highest BCUT2D eigenvalue weighted by Gasteiger charge is 2.32. The lowest BCUT2D eigenvalue weighted by Crippen LogP contribution is -2.38. The van der Waals surface area contributed by atoms with Gasteiger partial charge < -0.3 is 9.84 Å². The zero-order chi connectivity index (χ0) is 9.61. The van der Waals surface area contributed by atoms with Gasteiger partial charge in [-0.15, -0.1) is 6.58 Å². The molecule has 0 amide bonds. The Hall–Kier alpha value is -0.830. The van der Waals surface area contributed by atoms with Crippen LogP contribution in [0.1, 0.15) is 26.7 Å². The van der Waals surface area contributed by atoms with Crippen LogP contribution in [0, 0.1) is 0 Å². The highest BCUT2D eigenvalue weighted by atomic mass is 16.5. The Balaban J connectivity index is 4.17. The van der Waals surface area contributed by atoms with Crippen molar-refractivity contribution in [2.24, 2.45) is 0 Å². The molecule has 70 valence electrons. The first kappa shape index (κ1) is 11.2. The molecule has 0 aliphatic rings. The highest BCUT2D eigenvalue weighted by Crippen LogP contribution is 2.17. The van der Waals surface area contributed by atoms with E-state index in [1.807, 2.05) is 6.92 Å². The Kier molecular flexibility index (Phi) is 4.59. The molecule has 0 aromatic heterocycles. The largest absolute Gasteiger partial charge is 0.479 e. The highest BCUT2D eigenvalue weighted by molar-refractivity contribution is 5.76. The standard InChI is InChI=1S/C9H16O3/c1-4-6-9(3,8(10)11)12-7-5-2/h5H,2,4,6-7H2,1,3H3,(H,10,11). The van der Waals surface area contributed by atoms with E-state index in [-0.39, 0.29) is 6.61 Å². The third kappa shape index (κ3) is 3.05. The number of aliphatic carboxylic acids is 1. The van der Waals surface area contributed by atoms with Crippen molar-refractivity contribution in [1.29, 1.82) is 0 Å². The summed E-state index contributed by atoms with van der Waals surface area (Å²) in [5.74, 6) is -0.911. The first-order chi connectivity index (χ1) is 5.56. The van der Waals surface area contributed by atoms with Crippen molar-refractivity contribution < 1.29 is 14.6 Å². The Labute approximate surface area is 73.0 Å². The van der Waals surface area contributed by atoms with Gasteiger partial charge in [-0.1, -0.05) is 19.4 Å². The van der Waals surface area contributed by atoms with Gasteiger partial charge in [-0.3, -0.25) is 0 Å². The molecule has 0 fully saturated rings. The van der Waals surface area contributed by atoms with Crippen LogP contribution in [0.5, 0.6) is 0 Å². The van der Waals surface area contributed by atoms with Gasteiger partial charge in [-0.2, -0.15) is 0 Å². The third-order valence-electron chi connectivity index (χ3n) is 1.70. The molecule has 1 atom stereocenters. The van der Waals surface area contributed by atoms with E-state index in [0.717, 1.165) is 6.42 Å².